The van der Waals surface area contributed by atoms with Gasteiger partial charge < -0.3 is 15.0 Å². The number of carboxylic acids is 1. The van der Waals surface area contributed by atoms with E-state index in [9.17, 15) is 9.90 Å². The van der Waals surface area contributed by atoms with Crippen molar-refractivity contribution >= 4 is 33.9 Å². The third kappa shape index (κ3) is 2.26. The Hall–Kier alpha value is -2.77. The molecule has 1 saturated heterocycles. The van der Waals surface area contributed by atoms with Crippen LogP contribution in [-0.2, 0) is 4.79 Å². The number of fused-ring (bicyclic) bond motifs is 3. The van der Waals surface area contributed by atoms with Crippen molar-refractivity contribution < 1.29 is 9.90 Å². The summed E-state index contributed by atoms with van der Waals surface area (Å²) in [5, 5.41) is 19.4. The Labute approximate surface area is 131 Å². The second-order valence-electron chi connectivity index (χ2n) is 5.86. The number of aryl methyl sites for hydroxylation is 1. The van der Waals surface area contributed by atoms with Crippen LogP contribution in [0.25, 0.3) is 22.1 Å². The number of rotatable bonds is 2. The number of aromatic nitrogens is 5. The Kier molecular flexibility index (Phi) is 3.10. The van der Waals surface area contributed by atoms with E-state index in [0.717, 1.165) is 29.6 Å². The van der Waals surface area contributed by atoms with Crippen LogP contribution in [0.5, 0.6) is 0 Å². The highest BCUT2D eigenvalue weighted by molar-refractivity contribution is 6.07. The number of piperidine rings is 1. The number of hydrogen-bond acceptors (Lipinski definition) is 6. The molecule has 23 heavy (non-hydrogen) atoms. The van der Waals surface area contributed by atoms with Gasteiger partial charge in [0.15, 0.2) is 11.3 Å². The lowest BCUT2D eigenvalue weighted by Crippen LogP contribution is -2.39. The number of aromatic amines is 1. The number of carboxylic acid groups (broad SMARTS) is 1. The van der Waals surface area contributed by atoms with Crippen LogP contribution in [0, 0.1) is 12.8 Å². The fraction of sp³-hybridized carbons (Fsp3) is 0.400. The van der Waals surface area contributed by atoms with Crippen molar-refractivity contribution in [3.05, 3.63) is 18.1 Å². The minimum atomic E-state index is -0.753. The maximum absolute atomic E-state index is 11.3. The number of nitrogens with zero attached hydrogens (tertiary/aromatic N) is 5. The van der Waals surface area contributed by atoms with Crippen molar-refractivity contribution in [2.75, 3.05) is 18.0 Å². The summed E-state index contributed by atoms with van der Waals surface area (Å²) in [7, 11) is 0. The fourth-order valence-corrected chi connectivity index (χ4v) is 3.20. The average molecular weight is 312 g/mol. The predicted octanol–water partition coefficient (Wildman–Crippen LogP) is 1.51. The molecule has 0 saturated carbocycles. The zero-order valence-corrected chi connectivity index (χ0v) is 12.7. The van der Waals surface area contributed by atoms with Gasteiger partial charge in [0.05, 0.1) is 11.3 Å². The second kappa shape index (κ2) is 5.15. The minimum absolute atomic E-state index is 0.370. The molecule has 4 heterocycles. The van der Waals surface area contributed by atoms with E-state index >= 15 is 0 Å². The number of carbonyl (C=O) groups is 1. The third-order valence-corrected chi connectivity index (χ3v) is 4.29. The SMILES string of the molecule is Cc1nc(N2CCCC(C(=O)O)C2)c2c(nnc3[nH]ccc32)n1. The maximum Gasteiger partial charge on any atom is 0.308 e. The lowest BCUT2D eigenvalue weighted by Gasteiger charge is -2.32. The molecule has 3 aromatic rings. The molecule has 0 aliphatic carbocycles. The minimum Gasteiger partial charge on any atom is -0.481 e. The van der Waals surface area contributed by atoms with Gasteiger partial charge in [-0.1, -0.05) is 0 Å². The van der Waals surface area contributed by atoms with Gasteiger partial charge in [-0.05, 0) is 25.8 Å². The van der Waals surface area contributed by atoms with Crippen LogP contribution in [-0.4, -0.2) is 49.3 Å². The molecule has 3 aromatic heterocycles. The van der Waals surface area contributed by atoms with Gasteiger partial charge in [0.25, 0.3) is 0 Å². The molecule has 0 bridgehead atoms. The van der Waals surface area contributed by atoms with Crippen LogP contribution < -0.4 is 4.90 Å². The van der Waals surface area contributed by atoms with Gasteiger partial charge in [-0.15, -0.1) is 10.2 Å². The number of anilines is 1. The first-order valence-electron chi connectivity index (χ1n) is 7.59. The highest BCUT2D eigenvalue weighted by atomic mass is 16.4. The largest absolute Gasteiger partial charge is 0.481 e. The summed E-state index contributed by atoms with van der Waals surface area (Å²) in [6, 6.07) is 1.92. The highest BCUT2D eigenvalue weighted by Gasteiger charge is 2.28. The molecule has 1 unspecified atom stereocenters. The Morgan fingerprint density at radius 3 is 3.09 bits per heavy atom. The lowest BCUT2D eigenvalue weighted by molar-refractivity contribution is -0.141. The molecule has 1 fully saturated rings. The van der Waals surface area contributed by atoms with Crippen molar-refractivity contribution in [1.82, 2.24) is 25.1 Å². The molecule has 8 heteroatoms. The summed E-state index contributed by atoms with van der Waals surface area (Å²) in [5.41, 5.74) is 1.22. The molecular formula is C15H16N6O2. The number of nitrogens with one attached hydrogen (secondary N) is 1. The normalized spacial score (nSPS) is 18.7. The second-order valence-corrected chi connectivity index (χ2v) is 5.86. The summed E-state index contributed by atoms with van der Waals surface area (Å²) in [6.07, 6.45) is 3.34. The van der Waals surface area contributed by atoms with E-state index < -0.39 is 5.97 Å². The van der Waals surface area contributed by atoms with Gasteiger partial charge in [0.2, 0.25) is 0 Å². The van der Waals surface area contributed by atoms with Gasteiger partial charge in [-0.2, -0.15) is 0 Å². The van der Waals surface area contributed by atoms with Crippen LogP contribution in [0.4, 0.5) is 5.82 Å². The van der Waals surface area contributed by atoms with Gasteiger partial charge >= 0.3 is 5.97 Å². The summed E-state index contributed by atoms with van der Waals surface area (Å²) < 4.78 is 0. The molecule has 0 amide bonds. The van der Waals surface area contributed by atoms with Crippen molar-refractivity contribution in [3.8, 4) is 0 Å². The van der Waals surface area contributed by atoms with Crippen molar-refractivity contribution in [2.24, 2.45) is 5.92 Å². The molecule has 8 nitrogen and oxygen atoms in total. The van der Waals surface area contributed by atoms with E-state index in [-0.39, 0.29) is 5.92 Å². The smallest absolute Gasteiger partial charge is 0.308 e. The van der Waals surface area contributed by atoms with Gasteiger partial charge in [0.1, 0.15) is 11.6 Å². The lowest BCUT2D eigenvalue weighted by atomic mass is 9.98. The molecule has 1 aliphatic heterocycles. The summed E-state index contributed by atoms with van der Waals surface area (Å²) in [5.74, 6) is 0.231. The van der Waals surface area contributed by atoms with Crippen molar-refractivity contribution in [1.29, 1.82) is 0 Å². The molecule has 1 atom stereocenters. The Bertz CT molecular complexity index is 906. The van der Waals surface area contributed by atoms with Gasteiger partial charge in [-0.25, -0.2) is 9.97 Å². The standard InChI is InChI=1S/C15H16N6O2/c1-8-17-13-11(10-4-5-16-12(10)19-20-13)14(18-8)21-6-2-3-9(7-21)15(22)23/h4-5,9H,2-3,6-7H2,1H3,(H,16,19)(H,22,23). The molecule has 1 aliphatic rings. The van der Waals surface area contributed by atoms with Gasteiger partial charge in [0, 0.05) is 24.7 Å². The molecule has 0 spiro atoms. The van der Waals surface area contributed by atoms with Crippen LogP contribution in [0.2, 0.25) is 0 Å². The first-order valence-corrected chi connectivity index (χ1v) is 7.59. The van der Waals surface area contributed by atoms with E-state index in [4.69, 9.17) is 0 Å². The Morgan fingerprint density at radius 1 is 1.39 bits per heavy atom. The molecular weight excluding hydrogens is 296 g/mol. The van der Waals surface area contributed by atoms with Crippen LogP contribution >= 0.6 is 0 Å². The molecule has 0 aromatic carbocycles. The van der Waals surface area contributed by atoms with Crippen LogP contribution in [0.15, 0.2) is 12.3 Å². The van der Waals surface area contributed by atoms with E-state index in [1.54, 1.807) is 6.20 Å². The summed E-state index contributed by atoms with van der Waals surface area (Å²) >= 11 is 0. The Morgan fingerprint density at radius 2 is 2.26 bits per heavy atom. The topological polar surface area (TPSA) is 108 Å². The van der Waals surface area contributed by atoms with Crippen molar-refractivity contribution in [2.45, 2.75) is 19.8 Å². The van der Waals surface area contributed by atoms with Crippen LogP contribution in [0.3, 0.4) is 0 Å². The van der Waals surface area contributed by atoms with E-state index in [1.807, 2.05) is 17.9 Å². The zero-order chi connectivity index (χ0) is 16.0. The number of hydrogen-bond donors (Lipinski definition) is 2. The third-order valence-electron chi connectivity index (χ3n) is 4.29. The quantitative estimate of drug-likeness (QED) is 0.738. The molecule has 2 N–H and O–H groups in total. The predicted molar refractivity (Wildman–Crippen MR) is 84.3 cm³/mol. The molecule has 0 radical (unpaired) electrons. The van der Waals surface area contributed by atoms with E-state index in [2.05, 4.69) is 25.1 Å². The zero-order valence-electron chi connectivity index (χ0n) is 12.7. The number of aliphatic carboxylic acids is 1. The summed E-state index contributed by atoms with van der Waals surface area (Å²) in [4.78, 5) is 25.4. The first kappa shape index (κ1) is 13.9. The molecule has 118 valence electrons. The average Bonchev–Trinajstić information content (AvgIpc) is 3.02. The maximum atomic E-state index is 11.3. The monoisotopic (exact) mass is 312 g/mol. The number of H-pyrrole nitrogens is 1. The fourth-order valence-electron chi connectivity index (χ4n) is 3.20. The molecule has 4 rings (SSSR count). The van der Waals surface area contributed by atoms with E-state index in [1.165, 1.54) is 0 Å². The Balaban J connectivity index is 1.91. The first-order chi connectivity index (χ1) is 11.1. The van der Waals surface area contributed by atoms with E-state index in [0.29, 0.717) is 30.1 Å². The summed E-state index contributed by atoms with van der Waals surface area (Å²) in [6.45, 7) is 3.04. The highest BCUT2D eigenvalue weighted by Crippen LogP contribution is 2.31. The van der Waals surface area contributed by atoms with Crippen molar-refractivity contribution in [3.63, 3.8) is 0 Å². The van der Waals surface area contributed by atoms with Gasteiger partial charge in [-0.3, -0.25) is 4.79 Å². The van der Waals surface area contributed by atoms with Crippen LogP contribution in [0.1, 0.15) is 18.7 Å².